The van der Waals surface area contributed by atoms with E-state index in [2.05, 4.69) is 0 Å². The van der Waals surface area contributed by atoms with E-state index in [0.29, 0.717) is 0 Å². The van der Waals surface area contributed by atoms with Crippen LogP contribution in [0.4, 0.5) is 4.39 Å². The highest BCUT2D eigenvalue weighted by Gasteiger charge is 2.34. The molecule has 0 saturated carbocycles. The van der Waals surface area contributed by atoms with Crippen LogP contribution < -0.4 is 0 Å². The van der Waals surface area contributed by atoms with Crippen molar-refractivity contribution < 1.29 is 4.39 Å². The molecule has 0 aromatic rings. The quantitative estimate of drug-likeness (QED) is 0.491. The topological polar surface area (TPSA) is 0 Å². The van der Waals surface area contributed by atoms with E-state index >= 15 is 0 Å². The molecule has 10 heavy (non-hydrogen) atoms. The maximum absolute atomic E-state index is 13.4. The minimum Gasteiger partial charge on any atom is -0.246 e. The summed E-state index contributed by atoms with van der Waals surface area (Å²) < 4.78 is 13.4. The zero-order chi connectivity index (χ0) is 8.58. The van der Waals surface area contributed by atoms with Crippen molar-refractivity contribution in [3.05, 3.63) is 0 Å². The second kappa shape index (κ2) is 2.52. The molecule has 0 rings (SSSR count). The lowest BCUT2D eigenvalue weighted by Gasteiger charge is -2.34. The molecule has 0 amide bonds. The summed E-state index contributed by atoms with van der Waals surface area (Å²) in [5.74, 6) is 0. The van der Waals surface area contributed by atoms with Gasteiger partial charge < -0.3 is 0 Å². The van der Waals surface area contributed by atoms with Crippen molar-refractivity contribution in [1.29, 1.82) is 0 Å². The highest BCUT2D eigenvalue weighted by molar-refractivity contribution is 4.83. The maximum atomic E-state index is 13.4. The SMILES string of the molecule is CC(C)(C)C(F)C(C)(C)C. The summed E-state index contributed by atoms with van der Waals surface area (Å²) >= 11 is 0. The van der Waals surface area contributed by atoms with E-state index in [9.17, 15) is 4.39 Å². The number of hydrogen-bond donors (Lipinski definition) is 0. The molecule has 0 aromatic carbocycles. The lowest BCUT2D eigenvalue weighted by atomic mass is 9.75. The Morgan fingerprint density at radius 1 is 0.800 bits per heavy atom. The minimum atomic E-state index is -0.736. The molecule has 0 aromatic heterocycles. The van der Waals surface area contributed by atoms with Crippen LogP contribution in [0.3, 0.4) is 0 Å². The van der Waals surface area contributed by atoms with Crippen LogP contribution in [0.25, 0.3) is 0 Å². The first kappa shape index (κ1) is 9.93. The molecule has 0 bridgehead atoms. The van der Waals surface area contributed by atoms with Crippen LogP contribution in [-0.4, -0.2) is 6.17 Å². The molecule has 0 aliphatic heterocycles. The molecule has 62 valence electrons. The van der Waals surface area contributed by atoms with Crippen LogP contribution in [-0.2, 0) is 0 Å². The molecule has 1 heteroatoms. The lowest BCUT2D eigenvalue weighted by molar-refractivity contribution is 0.0541. The standard InChI is InChI=1S/C9H19F/c1-8(2,3)7(10)9(4,5)6/h7H,1-6H3. The van der Waals surface area contributed by atoms with Crippen LogP contribution in [0, 0.1) is 10.8 Å². The Morgan fingerprint density at radius 3 is 1.00 bits per heavy atom. The van der Waals surface area contributed by atoms with Crippen LogP contribution in [0.15, 0.2) is 0 Å². The molecule has 0 atom stereocenters. The molecule has 0 nitrogen and oxygen atoms in total. The first-order valence-electron chi connectivity index (χ1n) is 3.80. The van der Waals surface area contributed by atoms with Gasteiger partial charge in [0.2, 0.25) is 0 Å². The average Bonchev–Trinajstić information content (AvgIpc) is 1.59. The molecular weight excluding hydrogens is 127 g/mol. The van der Waals surface area contributed by atoms with Crippen LogP contribution >= 0.6 is 0 Å². The first-order valence-corrected chi connectivity index (χ1v) is 3.80. The van der Waals surface area contributed by atoms with Crippen LogP contribution in [0.5, 0.6) is 0 Å². The fourth-order valence-electron chi connectivity index (χ4n) is 1.30. The van der Waals surface area contributed by atoms with Crippen molar-refractivity contribution in [3.63, 3.8) is 0 Å². The molecule has 0 heterocycles. The maximum Gasteiger partial charge on any atom is 0.110 e. The smallest absolute Gasteiger partial charge is 0.110 e. The summed E-state index contributed by atoms with van der Waals surface area (Å²) in [6.45, 7) is 11.6. The Morgan fingerprint density at radius 2 is 1.00 bits per heavy atom. The fraction of sp³-hybridized carbons (Fsp3) is 1.00. The van der Waals surface area contributed by atoms with Gasteiger partial charge >= 0.3 is 0 Å². The molecule has 0 saturated heterocycles. The molecule has 0 aliphatic rings. The van der Waals surface area contributed by atoms with Crippen molar-refractivity contribution in [2.24, 2.45) is 10.8 Å². The van der Waals surface area contributed by atoms with Gasteiger partial charge in [-0.25, -0.2) is 4.39 Å². The molecule has 0 aliphatic carbocycles. The van der Waals surface area contributed by atoms with Crippen molar-refractivity contribution in [1.82, 2.24) is 0 Å². The van der Waals surface area contributed by atoms with Gasteiger partial charge in [-0.2, -0.15) is 0 Å². The van der Waals surface area contributed by atoms with Gasteiger partial charge in [-0.05, 0) is 10.8 Å². The number of rotatable bonds is 0. The predicted molar refractivity (Wildman–Crippen MR) is 43.8 cm³/mol. The largest absolute Gasteiger partial charge is 0.246 e. The molecule has 0 fully saturated rings. The molecule has 0 radical (unpaired) electrons. The Hall–Kier alpha value is -0.0700. The van der Waals surface area contributed by atoms with E-state index < -0.39 is 6.17 Å². The van der Waals surface area contributed by atoms with Gasteiger partial charge in [0.05, 0.1) is 0 Å². The van der Waals surface area contributed by atoms with Crippen molar-refractivity contribution in [3.8, 4) is 0 Å². The van der Waals surface area contributed by atoms with Gasteiger partial charge in [0, 0.05) is 0 Å². The fourth-order valence-corrected chi connectivity index (χ4v) is 1.30. The number of halogens is 1. The van der Waals surface area contributed by atoms with Crippen LogP contribution in [0.2, 0.25) is 0 Å². The van der Waals surface area contributed by atoms with E-state index in [4.69, 9.17) is 0 Å². The van der Waals surface area contributed by atoms with Gasteiger partial charge in [-0.15, -0.1) is 0 Å². The molecular formula is C9H19F. The van der Waals surface area contributed by atoms with Gasteiger partial charge in [0.1, 0.15) is 6.17 Å². The minimum absolute atomic E-state index is 0.224. The Bertz CT molecular complexity index is 88.9. The summed E-state index contributed by atoms with van der Waals surface area (Å²) in [6.07, 6.45) is -0.736. The van der Waals surface area contributed by atoms with Gasteiger partial charge in [0.15, 0.2) is 0 Å². The van der Waals surface area contributed by atoms with Gasteiger partial charge in [-0.1, -0.05) is 41.5 Å². The summed E-state index contributed by atoms with van der Waals surface area (Å²) in [5.41, 5.74) is -0.448. The summed E-state index contributed by atoms with van der Waals surface area (Å²) in [6, 6.07) is 0. The second-order valence-electron chi connectivity index (χ2n) is 5.09. The Labute approximate surface area is 63.8 Å². The van der Waals surface area contributed by atoms with E-state index in [1.807, 2.05) is 41.5 Å². The van der Waals surface area contributed by atoms with Crippen molar-refractivity contribution in [2.75, 3.05) is 0 Å². The second-order valence-corrected chi connectivity index (χ2v) is 5.09. The lowest BCUT2D eigenvalue weighted by Crippen LogP contribution is -2.34. The first-order chi connectivity index (χ1) is 4.15. The predicted octanol–water partition coefficient (Wildman–Crippen LogP) is 3.42. The summed E-state index contributed by atoms with van der Waals surface area (Å²) in [4.78, 5) is 0. The van der Waals surface area contributed by atoms with Gasteiger partial charge in [-0.3, -0.25) is 0 Å². The monoisotopic (exact) mass is 146 g/mol. The molecule has 0 spiro atoms. The number of hydrogen-bond acceptors (Lipinski definition) is 0. The molecule has 0 unspecified atom stereocenters. The highest BCUT2D eigenvalue weighted by atomic mass is 19.1. The van der Waals surface area contributed by atoms with Crippen molar-refractivity contribution >= 4 is 0 Å². The third-order valence-corrected chi connectivity index (χ3v) is 1.52. The zero-order valence-electron chi connectivity index (χ0n) is 7.96. The Kier molecular flexibility index (Phi) is 2.50. The highest BCUT2D eigenvalue weighted by Crippen LogP contribution is 2.35. The van der Waals surface area contributed by atoms with E-state index in [0.717, 1.165) is 0 Å². The summed E-state index contributed by atoms with van der Waals surface area (Å²) in [5, 5.41) is 0. The summed E-state index contributed by atoms with van der Waals surface area (Å²) in [7, 11) is 0. The van der Waals surface area contributed by atoms with Crippen molar-refractivity contribution in [2.45, 2.75) is 47.7 Å². The third kappa shape index (κ3) is 2.68. The normalized spacial score (nSPS) is 14.4. The van der Waals surface area contributed by atoms with E-state index in [1.54, 1.807) is 0 Å². The third-order valence-electron chi connectivity index (χ3n) is 1.52. The average molecular weight is 146 g/mol. The molecule has 0 N–H and O–H groups in total. The van der Waals surface area contributed by atoms with E-state index in [-0.39, 0.29) is 10.8 Å². The zero-order valence-corrected chi connectivity index (χ0v) is 7.96. The van der Waals surface area contributed by atoms with Crippen LogP contribution in [0.1, 0.15) is 41.5 Å². The Balaban J connectivity index is 4.23. The van der Waals surface area contributed by atoms with E-state index in [1.165, 1.54) is 0 Å². The van der Waals surface area contributed by atoms with Gasteiger partial charge in [0.25, 0.3) is 0 Å². The number of alkyl halides is 1.